The van der Waals surface area contributed by atoms with Crippen LogP contribution < -0.4 is 11.1 Å². The summed E-state index contributed by atoms with van der Waals surface area (Å²) in [4.78, 5) is 14.6. The molecule has 1 aliphatic carbocycles. The largest absolute Gasteiger partial charge is 0.326 e. The van der Waals surface area contributed by atoms with Gasteiger partial charge in [0, 0.05) is 18.8 Å². The molecule has 2 rings (SSSR count). The van der Waals surface area contributed by atoms with Crippen LogP contribution in [0.4, 0.5) is 5.69 Å². The summed E-state index contributed by atoms with van der Waals surface area (Å²) in [5.41, 5.74) is 7.47. The van der Waals surface area contributed by atoms with Crippen LogP contribution in [0.2, 0.25) is 0 Å². The quantitative estimate of drug-likeness (QED) is 0.802. The fraction of sp³-hybridized carbons (Fsp3) is 0.562. The molecule has 0 spiro atoms. The van der Waals surface area contributed by atoms with Crippen LogP contribution >= 0.6 is 0 Å². The third-order valence-electron chi connectivity index (χ3n) is 3.95. The van der Waals surface area contributed by atoms with Gasteiger partial charge in [0.05, 0.1) is 6.04 Å². The van der Waals surface area contributed by atoms with Gasteiger partial charge in [0.15, 0.2) is 0 Å². The van der Waals surface area contributed by atoms with Crippen LogP contribution in [0.25, 0.3) is 0 Å². The molecule has 1 unspecified atom stereocenters. The highest BCUT2D eigenvalue weighted by molar-refractivity contribution is 5.94. The average Bonchev–Trinajstić information content (AvgIpc) is 3.28. The average molecular weight is 275 g/mol. The van der Waals surface area contributed by atoms with E-state index in [-0.39, 0.29) is 11.9 Å². The van der Waals surface area contributed by atoms with Crippen molar-refractivity contribution in [2.75, 3.05) is 18.4 Å². The van der Waals surface area contributed by atoms with E-state index < -0.39 is 0 Å². The molecule has 0 bridgehead atoms. The first-order valence-corrected chi connectivity index (χ1v) is 7.48. The summed E-state index contributed by atoms with van der Waals surface area (Å²) in [5, 5.41) is 2.99. The number of nitrogens with zero attached hydrogens (tertiary/aromatic N) is 1. The molecule has 0 aromatic heterocycles. The Morgan fingerprint density at radius 2 is 2.25 bits per heavy atom. The van der Waals surface area contributed by atoms with E-state index in [2.05, 4.69) is 17.1 Å². The summed E-state index contributed by atoms with van der Waals surface area (Å²) in [7, 11) is 0. The first-order chi connectivity index (χ1) is 9.63. The zero-order chi connectivity index (χ0) is 14.5. The molecule has 0 heterocycles. The smallest absolute Gasteiger partial charge is 0.241 e. The first-order valence-electron chi connectivity index (χ1n) is 7.48. The van der Waals surface area contributed by atoms with Gasteiger partial charge in [-0.2, -0.15) is 0 Å². The van der Waals surface area contributed by atoms with Gasteiger partial charge >= 0.3 is 0 Å². The van der Waals surface area contributed by atoms with Gasteiger partial charge in [-0.25, -0.2) is 0 Å². The Kier molecular flexibility index (Phi) is 5.15. The minimum Gasteiger partial charge on any atom is -0.326 e. The lowest BCUT2D eigenvalue weighted by molar-refractivity contribution is -0.120. The topological polar surface area (TPSA) is 58.4 Å². The summed E-state index contributed by atoms with van der Waals surface area (Å²) in [6.45, 7) is 6.53. The van der Waals surface area contributed by atoms with Crippen molar-refractivity contribution >= 4 is 11.6 Å². The lowest BCUT2D eigenvalue weighted by Gasteiger charge is -2.26. The van der Waals surface area contributed by atoms with Crippen molar-refractivity contribution in [3.63, 3.8) is 0 Å². The van der Waals surface area contributed by atoms with Crippen LogP contribution in [0.5, 0.6) is 0 Å². The molecule has 4 nitrogen and oxygen atoms in total. The van der Waals surface area contributed by atoms with Crippen LogP contribution in [0, 0.1) is 5.92 Å². The molecule has 1 fully saturated rings. The second kappa shape index (κ2) is 6.86. The normalized spacial score (nSPS) is 16.2. The van der Waals surface area contributed by atoms with Crippen molar-refractivity contribution in [2.45, 2.75) is 39.3 Å². The van der Waals surface area contributed by atoms with Crippen molar-refractivity contribution in [1.29, 1.82) is 0 Å². The number of anilines is 1. The predicted molar refractivity (Wildman–Crippen MR) is 82.4 cm³/mol. The number of likely N-dealkylation sites (N-methyl/N-ethyl adjacent to an activating group) is 1. The molecule has 20 heavy (non-hydrogen) atoms. The number of rotatable bonds is 7. The predicted octanol–water partition coefficient (Wildman–Crippen LogP) is 2.20. The molecule has 1 atom stereocenters. The van der Waals surface area contributed by atoms with E-state index in [1.165, 1.54) is 12.8 Å². The van der Waals surface area contributed by atoms with E-state index in [0.29, 0.717) is 6.54 Å². The van der Waals surface area contributed by atoms with Crippen LogP contribution in [0.1, 0.15) is 32.3 Å². The Hall–Kier alpha value is -1.39. The molecule has 1 amide bonds. The third-order valence-corrected chi connectivity index (χ3v) is 3.95. The van der Waals surface area contributed by atoms with E-state index >= 15 is 0 Å². The van der Waals surface area contributed by atoms with Gasteiger partial charge in [0.2, 0.25) is 5.91 Å². The van der Waals surface area contributed by atoms with Crippen molar-refractivity contribution in [3.05, 3.63) is 29.8 Å². The summed E-state index contributed by atoms with van der Waals surface area (Å²) in [6, 6.07) is 7.62. The lowest BCUT2D eigenvalue weighted by Crippen LogP contribution is -2.43. The van der Waals surface area contributed by atoms with E-state index in [1.54, 1.807) is 0 Å². The molecule has 4 heteroatoms. The van der Waals surface area contributed by atoms with E-state index in [4.69, 9.17) is 5.73 Å². The number of amides is 1. The van der Waals surface area contributed by atoms with Gasteiger partial charge in [-0.15, -0.1) is 0 Å². The zero-order valence-electron chi connectivity index (χ0n) is 12.4. The summed E-state index contributed by atoms with van der Waals surface area (Å²) in [6.07, 6.45) is 2.62. The van der Waals surface area contributed by atoms with Gasteiger partial charge in [0.25, 0.3) is 0 Å². The first kappa shape index (κ1) is 15.0. The molecule has 0 aliphatic heterocycles. The van der Waals surface area contributed by atoms with E-state index in [0.717, 1.165) is 30.3 Å². The fourth-order valence-electron chi connectivity index (χ4n) is 2.38. The number of nitrogens with one attached hydrogen (secondary N) is 1. The van der Waals surface area contributed by atoms with Gasteiger partial charge in [-0.3, -0.25) is 9.69 Å². The molecule has 110 valence electrons. The highest BCUT2D eigenvalue weighted by Gasteiger charge is 2.28. The van der Waals surface area contributed by atoms with Crippen molar-refractivity contribution in [1.82, 2.24) is 4.90 Å². The molecule has 1 aromatic rings. The minimum atomic E-state index is -0.0952. The Morgan fingerprint density at radius 1 is 1.50 bits per heavy atom. The summed E-state index contributed by atoms with van der Waals surface area (Å²) < 4.78 is 0. The number of hydrogen-bond acceptors (Lipinski definition) is 3. The highest BCUT2D eigenvalue weighted by Crippen LogP contribution is 2.30. The SMILES string of the molecule is CCN(CC1CC1)C(C)C(=O)Nc1cccc(CN)c1. The monoisotopic (exact) mass is 275 g/mol. The number of nitrogens with two attached hydrogens (primary N) is 1. The highest BCUT2D eigenvalue weighted by atomic mass is 16.2. The van der Waals surface area contributed by atoms with Gasteiger partial charge in [0.1, 0.15) is 0 Å². The maximum Gasteiger partial charge on any atom is 0.241 e. The van der Waals surface area contributed by atoms with Gasteiger partial charge in [-0.05, 0) is 49.9 Å². The molecule has 0 saturated heterocycles. The maximum absolute atomic E-state index is 12.3. The third kappa shape index (κ3) is 4.05. The van der Waals surface area contributed by atoms with Crippen molar-refractivity contribution in [2.24, 2.45) is 11.7 Å². The number of carbonyl (C=O) groups excluding carboxylic acids is 1. The van der Waals surface area contributed by atoms with Crippen LogP contribution in [0.15, 0.2) is 24.3 Å². The second-order valence-electron chi connectivity index (χ2n) is 5.60. The lowest BCUT2D eigenvalue weighted by atomic mass is 10.2. The number of carbonyl (C=O) groups is 1. The number of hydrogen-bond donors (Lipinski definition) is 2. The summed E-state index contributed by atoms with van der Waals surface area (Å²) in [5.74, 6) is 0.854. The number of benzene rings is 1. The maximum atomic E-state index is 12.3. The molecule has 3 N–H and O–H groups in total. The van der Waals surface area contributed by atoms with Gasteiger partial charge < -0.3 is 11.1 Å². The molecular weight excluding hydrogens is 250 g/mol. The van der Waals surface area contributed by atoms with Crippen LogP contribution in [-0.4, -0.2) is 29.9 Å². The van der Waals surface area contributed by atoms with Crippen molar-refractivity contribution in [3.8, 4) is 0 Å². The standard InChI is InChI=1S/C16H25N3O/c1-3-19(11-13-7-8-13)12(2)16(20)18-15-6-4-5-14(9-15)10-17/h4-6,9,12-13H,3,7-8,10-11,17H2,1-2H3,(H,18,20). The molecule has 0 radical (unpaired) electrons. The Balaban J connectivity index is 1.94. The zero-order valence-corrected chi connectivity index (χ0v) is 12.4. The molecular formula is C16H25N3O. The Bertz CT molecular complexity index is 457. The van der Waals surface area contributed by atoms with E-state index in [1.807, 2.05) is 31.2 Å². The Labute approximate surface area is 121 Å². The summed E-state index contributed by atoms with van der Waals surface area (Å²) >= 11 is 0. The second-order valence-corrected chi connectivity index (χ2v) is 5.60. The molecule has 1 aliphatic rings. The van der Waals surface area contributed by atoms with Crippen LogP contribution in [0.3, 0.4) is 0 Å². The Morgan fingerprint density at radius 3 is 2.85 bits per heavy atom. The molecule has 1 aromatic carbocycles. The van der Waals surface area contributed by atoms with E-state index in [9.17, 15) is 4.79 Å². The molecule has 1 saturated carbocycles. The van der Waals surface area contributed by atoms with Crippen molar-refractivity contribution < 1.29 is 4.79 Å². The fourth-order valence-corrected chi connectivity index (χ4v) is 2.38. The van der Waals surface area contributed by atoms with Gasteiger partial charge in [-0.1, -0.05) is 19.1 Å². The minimum absolute atomic E-state index is 0.0571. The van der Waals surface area contributed by atoms with Crippen LogP contribution in [-0.2, 0) is 11.3 Å².